The molecule has 1 rings (SSSR count). The third kappa shape index (κ3) is 5.04. The van der Waals surface area contributed by atoms with Gasteiger partial charge in [0, 0.05) is 5.56 Å². The molecule has 0 heterocycles. The van der Waals surface area contributed by atoms with Crippen molar-refractivity contribution in [2.24, 2.45) is 5.92 Å². The van der Waals surface area contributed by atoms with E-state index in [1.54, 1.807) is 37.3 Å². The second-order valence-electron chi connectivity index (χ2n) is 3.93. The smallest absolute Gasteiger partial charge is 0.236 e. The van der Waals surface area contributed by atoms with E-state index < -0.39 is 11.8 Å². The summed E-state index contributed by atoms with van der Waals surface area (Å²) in [6, 6.07) is 8.63. The zero-order chi connectivity index (χ0) is 15.0. The fourth-order valence-corrected chi connectivity index (χ4v) is 1.52. The van der Waals surface area contributed by atoms with Crippen LogP contribution in [0.4, 0.5) is 0 Å². The Hall–Kier alpha value is -1.83. The second-order valence-corrected chi connectivity index (χ2v) is 4.34. The number of benzene rings is 1. The average Bonchev–Trinajstić information content (AvgIpc) is 2.46. The first kappa shape index (κ1) is 16.2. The second kappa shape index (κ2) is 8.36. The Morgan fingerprint density at radius 2 is 1.95 bits per heavy atom. The van der Waals surface area contributed by atoms with Crippen LogP contribution in [0.15, 0.2) is 30.3 Å². The van der Waals surface area contributed by atoms with Crippen molar-refractivity contribution in [3.63, 3.8) is 0 Å². The first-order valence-electron chi connectivity index (χ1n) is 6.13. The van der Waals surface area contributed by atoms with Crippen LogP contribution in [0.5, 0.6) is 0 Å². The fraction of sp³-hybridized carbons (Fsp3) is 0.308. The lowest BCUT2D eigenvalue weighted by Gasteiger charge is -2.13. The number of thiocarbonyl (C=S) groups is 1. The van der Waals surface area contributed by atoms with E-state index in [0.29, 0.717) is 12.2 Å². The lowest BCUT2D eigenvalue weighted by molar-refractivity contribution is -0.121. The number of ketones is 1. The van der Waals surface area contributed by atoms with Crippen molar-refractivity contribution in [3.8, 4) is 0 Å². The molecule has 3 N–H and O–H groups in total. The number of amides is 1. The minimum absolute atomic E-state index is 0.0381. The van der Waals surface area contributed by atoms with Crippen molar-refractivity contribution in [2.75, 3.05) is 6.61 Å². The minimum atomic E-state index is -0.829. The summed E-state index contributed by atoms with van der Waals surface area (Å²) in [6.07, 6.45) is 0. The molecule has 1 aromatic carbocycles. The number of hydrazine groups is 1. The first-order valence-corrected chi connectivity index (χ1v) is 6.54. The molecule has 0 aliphatic heterocycles. The molecule has 0 saturated heterocycles. The fourth-order valence-electron chi connectivity index (χ4n) is 1.38. The molecule has 1 amide bonds. The molecule has 0 fully saturated rings. The minimum Gasteiger partial charge on any atom is -0.301 e. The summed E-state index contributed by atoms with van der Waals surface area (Å²) in [7, 11) is 0. The number of nitrogens with one attached hydrogen (secondary N) is 3. The Labute approximate surface area is 122 Å². The van der Waals surface area contributed by atoms with Gasteiger partial charge < -0.3 is 5.32 Å². The maximum atomic E-state index is 12.1. The standard InChI is InChI=1S/C13H17N3O3S/c1-3-19-16-15-13(20)14-12(18)9(2)11(17)10-7-5-4-6-8-10/h4-9,16H,3H2,1-2H3,(H2,14,15,18,20). The summed E-state index contributed by atoms with van der Waals surface area (Å²) in [5.74, 6) is -1.57. The molecule has 1 atom stereocenters. The van der Waals surface area contributed by atoms with Crippen LogP contribution in [0.25, 0.3) is 0 Å². The van der Waals surface area contributed by atoms with E-state index in [-0.39, 0.29) is 10.9 Å². The molecule has 0 radical (unpaired) electrons. The van der Waals surface area contributed by atoms with Crippen molar-refractivity contribution in [3.05, 3.63) is 35.9 Å². The normalized spacial score (nSPS) is 11.5. The van der Waals surface area contributed by atoms with Gasteiger partial charge >= 0.3 is 0 Å². The summed E-state index contributed by atoms with van der Waals surface area (Å²) in [4.78, 5) is 28.7. The lowest BCUT2D eigenvalue weighted by Crippen LogP contribution is -2.48. The van der Waals surface area contributed by atoms with Crippen molar-refractivity contribution >= 4 is 29.0 Å². The van der Waals surface area contributed by atoms with E-state index in [1.165, 1.54) is 6.92 Å². The number of hydrogen-bond acceptors (Lipinski definition) is 5. The summed E-state index contributed by atoms with van der Waals surface area (Å²) in [5.41, 5.74) is 5.30. The van der Waals surface area contributed by atoms with Crippen molar-refractivity contribution in [1.29, 1.82) is 0 Å². The number of hydrogen-bond donors (Lipinski definition) is 3. The van der Waals surface area contributed by atoms with Gasteiger partial charge in [0.25, 0.3) is 0 Å². The van der Waals surface area contributed by atoms with Gasteiger partial charge in [-0.3, -0.25) is 19.9 Å². The van der Waals surface area contributed by atoms with Crippen molar-refractivity contribution in [2.45, 2.75) is 13.8 Å². The highest BCUT2D eigenvalue weighted by atomic mass is 32.1. The predicted molar refractivity (Wildman–Crippen MR) is 78.6 cm³/mol. The number of carbonyl (C=O) groups excluding carboxylic acids is 2. The molecule has 0 aliphatic rings. The SMILES string of the molecule is CCONNC(=S)NC(=O)C(C)C(=O)c1ccccc1. The van der Waals surface area contributed by atoms with Crippen molar-refractivity contribution in [1.82, 2.24) is 16.3 Å². The third-order valence-corrected chi connectivity index (χ3v) is 2.67. The Bertz CT molecular complexity index is 479. The van der Waals surface area contributed by atoms with Gasteiger partial charge in [-0.2, -0.15) is 0 Å². The molecule has 7 heteroatoms. The van der Waals surface area contributed by atoms with Gasteiger partial charge in [0.05, 0.1) is 12.5 Å². The van der Waals surface area contributed by atoms with E-state index in [0.717, 1.165) is 0 Å². The van der Waals surface area contributed by atoms with Crippen molar-refractivity contribution < 1.29 is 14.4 Å². The van der Waals surface area contributed by atoms with Gasteiger partial charge in [-0.05, 0) is 26.1 Å². The monoisotopic (exact) mass is 295 g/mol. The van der Waals surface area contributed by atoms with E-state index in [1.807, 2.05) is 0 Å². The Kier molecular flexibility index (Phi) is 6.78. The van der Waals surface area contributed by atoms with Gasteiger partial charge in [0.1, 0.15) is 0 Å². The molecule has 0 bridgehead atoms. The predicted octanol–water partition coefficient (Wildman–Crippen LogP) is 0.952. The molecule has 0 aromatic heterocycles. The summed E-state index contributed by atoms with van der Waals surface area (Å²) < 4.78 is 0. The molecule has 0 saturated carbocycles. The van der Waals surface area contributed by atoms with Crippen LogP contribution < -0.4 is 16.3 Å². The summed E-state index contributed by atoms with van der Waals surface area (Å²) >= 11 is 4.87. The highest BCUT2D eigenvalue weighted by Gasteiger charge is 2.23. The van der Waals surface area contributed by atoms with E-state index >= 15 is 0 Å². The van der Waals surface area contributed by atoms with Crippen LogP contribution in [0.3, 0.4) is 0 Å². The maximum absolute atomic E-state index is 12.1. The average molecular weight is 295 g/mol. The third-order valence-electron chi connectivity index (χ3n) is 2.46. The molecular weight excluding hydrogens is 278 g/mol. The number of rotatable bonds is 6. The van der Waals surface area contributed by atoms with E-state index in [2.05, 4.69) is 16.3 Å². The Morgan fingerprint density at radius 1 is 1.30 bits per heavy atom. The van der Waals surface area contributed by atoms with Crippen LogP contribution in [0.2, 0.25) is 0 Å². The van der Waals surface area contributed by atoms with Crippen LogP contribution in [0.1, 0.15) is 24.2 Å². The number of carbonyl (C=O) groups is 2. The molecule has 108 valence electrons. The summed E-state index contributed by atoms with van der Waals surface area (Å²) in [5, 5.41) is 2.45. The quantitative estimate of drug-likeness (QED) is 0.238. The molecule has 1 aromatic rings. The van der Waals surface area contributed by atoms with Crippen LogP contribution in [-0.2, 0) is 9.63 Å². The van der Waals surface area contributed by atoms with Gasteiger partial charge in [-0.1, -0.05) is 30.3 Å². The molecule has 1 unspecified atom stereocenters. The van der Waals surface area contributed by atoms with E-state index in [4.69, 9.17) is 17.1 Å². The zero-order valence-corrected chi connectivity index (χ0v) is 12.1. The number of Topliss-reactive ketones (excluding diaryl/α,β-unsaturated/α-hetero) is 1. The molecule has 0 aliphatic carbocycles. The van der Waals surface area contributed by atoms with Crippen LogP contribution in [0, 0.1) is 5.92 Å². The van der Waals surface area contributed by atoms with Crippen LogP contribution in [-0.4, -0.2) is 23.4 Å². The lowest BCUT2D eigenvalue weighted by atomic mass is 9.99. The molecule has 6 nitrogen and oxygen atoms in total. The molecule has 0 spiro atoms. The van der Waals surface area contributed by atoms with Gasteiger partial charge in [-0.15, -0.1) is 5.59 Å². The highest BCUT2D eigenvalue weighted by molar-refractivity contribution is 7.80. The molecule has 20 heavy (non-hydrogen) atoms. The van der Waals surface area contributed by atoms with Gasteiger partial charge in [0.15, 0.2) is 10.9 Å². The van der Waals surface area contributed by atoms with Gasteiger partial charge in [0.2, 0.25) is 5.91 Å². The summed E-state index contributed by atoms with van der Waals surface area (Å²) in [6.45, 7) is 3.76. The maximum Gasteiger partial charge on any atom is 0.236 e. The topological polar surface area (TPSA) is 79.5 Å². The Balaban J connectivity index is 2.50. The molecular formula is C13H17N3O3S. The van der Waals surface area contributed by atoms with Crippen LogP contribution >= 0.6 is 12.2 Å². The van der Waals surface area contributed by atoms with Gasteiger partial charge in [-0.25, -0.2) is 0 Å². The highest BCUT2D eigenvalue weighted by Crippen LogP contribution is 2.08. The Morgan fingerprint density at radius 3 is 2.55 bits per heavy atom. The zero-order valence-electron chi connectivity index (χ0n) is 11.3. The largest absolute Gasteiger partial charge is 0.301 e. The first-order chi connectivity index (χ1) is 9.56. The van der Waals surface area contributed by atoms with E-state index in [9.17, 15) is 9.59 Å².